The van der Waals surface area contributed by atoms with Crippen LogP contribution < -0.4 is 0 Å². The number of rotatable bonds is 7. The van der Waals surface area contributed by atoms with Gasteiger partial charge in [0, 0.05) is 26.2 Å². The summed E-state index contributed by atoms with van der Waals surface area (Å²) in [5, 5.41) is 4.57. The van der Waals surface area contributed by atoms with Crippen LogP contribution in [0, 0.1) is 5.92 Å². The molecule has 1 saturated heterocycles. The summed E-state index contributed by atoms with van der Waals surface area (Å²) >= 11 is 0. The molecule has 0 saturated carbocycles. The van der Waals surface area contributed by atoms with Gasteiger partial charge in [-0.05, 0) is 44.0 Å². The molecular weight excluding hydrogens is 436 g/mol. The van der Waals surface area contributed by atoms with Crippen molar-refractivity contribution in [1.29, 1.82) is 0 Å². The van der Waals surface area contributed by atoms with Crippen LogP contribution in [0.4, 0.5) is 0 Å². The number of amides is 2. The van der Waals surface area contributed by atoms with E-state index in [0.29, 0.717) is 49.7 Å². The smallest absolute Gasteiger partial charge is 0.309 e. The molecule has 0 atom stereocenters. The highest BCUT2D eigenvalue weighted by Gasteiger charge is 2.30. The maximum atomic E-state index is 13.4. The van der Waals surface area contributed by atoms with Crippen LogP contribution in [0.3, 0.4) is 0 Å². The molecule has 2 amide bonds. The van der Waals surface area contributed by atoms with Crippen molar-refractivity contribution in [2.45, 2.75) is 19.8 Å². The Morgan fingerprint density at radius 2 is 1.85 bits per heavy atom. The fraction of sp³-hybridized carbons (Fsp3) is 0.360. The van der Waals surface area contributed by atoms with Gasteiger partial charge in [-0.15, -0.1) is 0 Å². The van der Waals surface area contributed by atoms with Gasteiger partial charge in [-0.25, -0.2) is 4.68 Å². The zero-order valence-corrected chi connectivity index (χ0v) is 19.3. The molecule has 178 valence electrons. The molecule has 0 bridgehead atoms. The third-order valence-electron chi connectivity index (χ3n) is 5.89. The summed E-state index contributed by atoms with van der Waals surface area (Å²) in [6, 6.07) is 14.5. The Morgan fingerprint density at radius 3 is 2.50 bits per heavy atom. The van der Waals surface area contributed by atoms with Crippen LogP contribution in [0.1, 0.15) is 30.3 Å². The molecular formula is C25H28N4O5. The second-order valence-electron chi connectivity index (χ2n) is 8.21. The number of carbonyl (C=O) groups is 3. The molecule has 1 aliphatic rings. The van der Waals surface area contributed by atoms with Crippen LogP contribution in [0.15, 0.2) is 59.2 Å². The van der Waals surface area contributed by atoms with E-state index in [0.717, 1.165) is 5.69 Å². The number of piperidine rings is 1. The predicted molar refractivity (Wildman–Crippen MR) is 124 cm³/mol. The number of carbonyl (C=O) groups excluding carboxylic acids is 3. The summed E-state index contributed by atoms with van der Waals surface area (Å²) < 4.78 is 12.1. The summed E-state index contributed by atoms with van der Waals surface area (Å²) in [5.41, 5.74) is 1.58. The van der Waals surface area contributed by atoms with E-state index in [2.05, 4.69) is 5.10 Å². The Bertz CT molecular complexity index is 1130. The lowest BCUT2D eigenvalue weighted by atomic mass is 9.97. The number of aromatic nitrogens is 2. The molecule has 0 aliphatic carbocycles. The molecule has 3 aromatic rings. The maximum absolute atomic E-state index is 13.4. The van der Waals surface area contributed by atoms with E-state index in [4.69, 9.17) is 9.15 Å². The minimum atomic E-state index is -0.330. The molecule has 1 aliphatic heterocycles. The van der Waals surface area contributed by atoms with Crippen molar-refractivity contribution in [1.82, 2.24) is 19.6 Å². The van der Waals surface area contributed by atoms with Crippen LogP contribution >= 0.6 is 0 Å². The van der Waals surface area contributed by atoms with Gasteiger partial charge in [-0.1, -0.05) is 18.2 Å². The topological polar surface area (TPSA) is 97.9 Å². The van der Waals surface area contributed by atoms with Gasteiger partial charge in [0.1, 0.15) is 11.4 Å². The average Bonchev–Trinajstić information content (AvgIpc) is 3.54. The van der Waals surface area contributed by atoms with Gasteiger partial charge in [-0.2, -0.15) is 5.10 Å². The van der Waals surface area contributed by atoms with Crippen molar-refractivity contribution in [2.75, 3.05) is 33.3 Å². The van der Waals surface area contributed by atoms with Gasteiger partial charge in [0.15, 0.2) is 5.76 Å². The summed E-state index contributed by atoms with van der Waals surface area (Å²) in [7, 11) is 1.60. The van der Waals surface area contributed by atoms with Gasteiger partial charge >= 0.3 is 5.97 Å². The second-order valence-corrected chi connectivity index (χ2v) is 8.21. The zero-order chi connectivity index (χ0) is 24.1. The van der Waals surface area contributed by atoms with Crippen molar-refractivity contribution < 1.29 is 23.5 Å². The standard InChI is InChI=1S/C25H28N4O5/c1-3-33-25(32)18-11-13-28(14-12-18)23(30)17-27(2)24(31)21-16-20(22-10-7-15-34-22)26-29(21)19-8-5-4-6-9-19/h4-10,15-16,18H,3,11-14,17H2,1-2H3. The average molecular weight is 465 g/mol. The van der Waals surface area contributed by atoms with Crippen LogP contribution in [0.5, 0.6) is 0 Å². The maximum Gasteiger partial charge on any atom is 0.309 e. The molecule has 34 heavy (non-hydrogen) atoms. The Balaban J connectivity index is 1.46. The van der Waals surface area contributed by atoms with E-state index in [1.165, 1.54) is 4.90 Å². The molecule has 0 spiro atoms. The summed E-state index contributed by atoms with van der Waals surface area (Å²) in [4.78, 5) is 41.3. The number of hydrogen-bond acceptors (Lipinski definition) is 6. The summed E-state index contributed by atoms with van der Waals surface area (Å²) in [6.45, 7) is 3.00. The number of furan rings is 1. The van der Waals surface area contributed by atoms with Crippen LogP contribution in [0.25, 0.3) is 17.1 Å². The Hall–Kier alpha value is -3.88. The summed E-state index contributed by atoms with van der Waals surface area (Å²) in [5.74, 6) is -0.321. The lowest BCUT2D eigenvalue weighted by Gasteiger charge is -2.32. The van der Waals surface area contributed by atoms with Crippen LogP contribution in [0.2, 0.25) is 0 Å². The Kier molecular flexibility index (Phi) is 7.10. The normalized spacial score (nSPS) is 14.1. The van der Waals surface area contributed by atoms with Gasteiger partial charge in [0.25, 0.3) is 5.91 Å². The highest BCUT2D eigenvalue weighted by atomic mass is 16.5. The molecule has 2 aromatic heterocycles. The highest BCUT2D eigenvalue weighted by Crippen LogP contribution is 2.23. The van der Waals surface area contributed by atoms with E-state index in [1.54, 1.807) is 48.0 Å². The number of para-hydroxylation sites is 1. The number of nitrogens with zero attached hydrogens (tertiary/aromatic N) is 4. The lowest BCUT2D eigenvalue weighted by Crippen LogP contribution is -2.45. The third-order valence-corrected chi connectivity index (χ3v) is 5.89. The predicted octanol–water partition coefficient (Wildman–Crippen LogP) is 3.01. The Morgan fingerprint density at radius 1 is 1.12 bits per heavy atom. The number of benzene rings is 1. The monoisotopic (exact) mass is 464 g/mol. The van der Waals surface area contributed by atoms with Gasteiger partial charge < -0.3 is 19.0 Å². The fourth-order valence-electron chi connectivity index (χ4n) is 4.04. The number of hydrogen-bond donors (Lipinski definition) is 0. The molecule has 0 radical (unpaired) electrons. The van der Waals surface area contributed by atoms with Crippen LogP contribution in [-0.4, -0.2) is 70.7 Å². The minimum absolute atomic E-state index is 0.0705. The summed E-state index contributed by atoms with van der Waals surface area (Å²) in [6.07, 6.45) is 2.68. The van der Waals surface area contributed by atoms with Crippen molar-refractivity contribution in [3.63, 3.8) is 0 Å². The quantitative estimate of drug-likeness (QED) is 0.499. The van der Waals surface area contributed by atoms with Crippen molar-refractivity contribution in [3.05, 3.63) is 60.5 Å². The number of esters is 1. The number of likely N-dealkylation sites (N-methyl/N-ethyl adjacent to an activating group) is 1. The first-order valence-electron chi connectivity index (χ1n) is 11.4. The number of likely N-dealkylation sites (tertiary alicyclic amines) is 1. The molecule has 1 aromatic carbocycles. The van der Waals surface area contributed by atoms with E-state index in [9.17, 15) is 14.4 Å². The molecule has 0 unspecified atom stereocenters. The van der Waals surface area contributed by atoms with Crippen LogP contribution in [-0.2, 0) is 14.3 Å². The largest absolute Gasteiger partial charge is 0.466 e. The van der Waals surface area contributed by atoms with Gasteiger partial charge in [-0.3, -0.25) is 14.4 Å². The Labute approximate surface area is 197 Å². The second kappa shape index (κ2) is 10.4. The van der Waals surface area contributed by atoms with E-state index >= 15 is 0 Å². The fourth-order valence-corrected chi connectivity index (χ4v) is 4.04. The molecule has 3 heterocycles. The van der Waals surface area contributed by atoms with Crippen molar-refractivity contribution >= 4 is 17.8 Å². The van der Waals surface area contributed by atoms with Gasteiger partial charge in [0.05, 0.1) is 31.0 Å². The first-order valence-corrected chi connectivity index (χ1v) is 11.4. The first-order chi connectivity index (χ1) is 16.5. The van der Waals surface area contributed by atoms with E-state index in [1.807, 2.05) is 30.3 Å². The molecule has 9 nitrogen and oxygen atoms in total. The van der Waals surface area contributed by atoms with E-state index < -0.39 is 0 Å². The van der Waals surface area contributed by atoms with Crippen molar-refractivity contribution in [3.8, 4) is 17.1 Å². The lowest BCUT2D eigenvalue weighted by molar-refractivity contribution is -0.151. The van der Waals surface area contributed by atoms with Crippen molar-refractivity contribution in [2.24, 2.45) is 5.92 Å². The first kappa shape index (κ1) is 23.3. The SMILES string of the molecule is CCOC(=O)C1CCN(C(=O)CN(C)C(=O)c2cc(-c3ccco3)nn2-c2ccccc2)CC1. The molecule has 4 rings (SSSR count). The molecule has 0 N–H and O–H groups in total. The highest BCUT2D eigenvalue weighted by molar-refractivity contribution is 5.96. The zero-order valence-electron chi connectivity index (χ0n) is 19.3. The third kappa shape index (κ3) is 5.03. The number of ether oxygens (including phenoxy) is 1. The molecule has 9 heteroatoms. The van der Waals surface area contributed by atoms with Gasteiger partial charge in [0.2, 0.25) is 5.91 Å². The minimum Gasteiger partial charge on any atom is -0.466 e. The molecule has 1 fully saturated rings. The van der Waals surface area contributed by atoms with E-state index in [-0.39, 0.29) is 30.2 Å².